The Bertz CT molecular complexity index is 1180. The Labute approximate surface area is 324 Å². The van der Waals surface area contributed by atoms with Crippen molar-refractivity contribution in [2.45, 2.75) is 166 Å². The molecular formula is C39H68FeNO3P2PdS-. The Kier molecular flexibility index (Phi) is 22.7. The van der Waals surface area contributed by atoms with Gasteiger partial charge in [-0.3, -0.25) is 4.55 Å². The van der Waals surface area contributed by atoms with Crippen molar-refractivity contribution in [3.63, 3.8) is 0 Å². The van der Waals surface area contributed by atoms with Gasteiger partial charge in [0.25, 0.3) is 10.1 Å². The van der Waals surface area contributed by atoms with Crippen LogP contribution >= 0.6 is 15.8 Å². The van der Waals surface area contributed by atoms with Crippen LogP contribution in [-0.2, 0) is 47.6 Å². The number of hydrogen-bond donors (Lipinski definition) is 2. The number of nitrogens with two attached hydrogens (primary N) is 1. The first kappa shape index (κ1) is 50.3. The predicted octanol–water partition coefficient (Wildman–Crippen LogP) is 12.3. The second-order valence-electron chi connectivity index (χ2n) is 16.9. The van der Waals surface area contributed by atoms with Crippen molar-refractivity contribution in [1.82, 2.24) is 0 Å². The van der Waals surface area contributed by atoms with Gasteiger partial charge in [-0.15, -0.1) is 35.9 Å². The summed E-state index contributed by atoms with van der Waals surface area (Å²) < 4.78 is 25.9. The Balaban J connectivity index is 0. The third kappa shape index (κ3) is 19.7. The fraction of sp³-hybridized carbons (Fsp3) is 0.692. The van der Waals surface area contributed by atoms with E-state index in [2.05, 4.69) is 89.2 Å². The summed E-state index contributed by atoms with van der Waals surface area (Å²) in [5.41, 5.74) is 10.8. The number of anilines is 1. The van der Waals surface area contributed by atoms with Gasteiger partial charge in [0, 0.05) is 37.5 Å². The number of nitrogen functional groups attached to an aromatic ring is 1. The molecule has 0 aromatic heterocycles. The summed E-state index contributed by atoms with van der Waals surface area (Å²) in [4.78, 5) is 0. The maximum Gasteiger partial charge on any atom is 0.261 e. The minimum atomic E-state index is -3.67. The summed E-state index contributed by atoms with van der Waals surface area (Å²) in [6.07, 6.45) is 12.6. The zero-order valence-electron chi connectivity index (χ0n) is 32.2. The molecule has 9 heteroatoms. The second-order valence-corrected chi connectivity index (χ2v) is 26.7. The number of benzene rings is 2. The van der Waals surface area contributed by atoms with E-state index in [-0.39, 0.29) is 53.3 Å². The number of rotatable bonds is 3. The summed E-state index contributed by atoms with van der Waals surface area (Å²) in [7, 11) is -3.35. The molecule has 0 saturated heterocycles. The first-order valence-corrected chi connectivity index (χ1v) is 21.8. The predicted molar refractivity (Wildman–Crippen MR) is 210 cm³/mol. The maximum absolute atomic E-state index is 9.19. The maximum atomic E-state index is 9.19. The van der Waals surface area contributed by atoms with E-state index in [1.807, 2.05) is 48.5 Å². The van der Waals surface area contributed by atoms with Crippen LogP contribution in [0.3, 0.4) is 0 Å². The zero-order valence-corrected chi connectivity index (χ0v) is 37.5. The van der Waals surface area contributed by atoms with E-state index in [4.69, 9.17) is 10.3 Å². The van der Waals surface area contributed by atoms with Gasteiger partial charge in [0.1, 0.15) is 0 Å². The Morgan fingerprint density at radius 3 is 1.25 bits per heavy atom. The standard InChI is InChI=1S/2C13H27P.C12H10N.CH4O3S.Fe.Pd/c2*1-12(2,3)14(13(4,5)6)11-9-7-8-10-11;13-12-9-5-4-8-11(12)10-6-2-1-3-7-10;1-5(2,3)4;;/h2*11H,7-10H2,1-6H3;1-6,8-9H,13H2;1H3,(H,2,3,4);;/q;;-1;;;. The van der Waals surface area contributed by atoms with Crippen LogP contribution < -0.4 is 5.73 Å². The van der Waals surface area contributed by atoms with Gasteiger partial charge in [0.15, 0.2) is 0 Å². The molecular weight excluding hydrogens is 787 g/mol. The quantitative estimate of drug-likeness (QED) is 0.106. The molecule has 4 nitrogen and oxygen atoms in total. The first-order valence-electron chi connectivity index (χ1n) is 17.2. The van der Waals surface area contributed by atoms with E-state index < -0.39 is 10.1 Å². The summed E-state index contributed by atoms with van der Waals surface area (Å²) in [6.45, 7) is 29.4. The van der Waals surface area contributed by atoms with Crippen molar-refractivity contribution in [2.75, 3.05) is 12.0 Å². The summed E-state index contributed by atoms with van der Waals surface area (Å²) >= 11 is 0. The van der Waals surface area contributed by atoms with E-state index in [0.717, 1.165) is 28.1 Å². The molecule has 0 aliphatic heterocycles. The SMILES string of the molecule is CC(C)(C)P(C1CCCC1)C(C)(C)C.CC(C)(C)P(C1CCCC1)C(C)(C)C.CS(=O)(=O)O.Nc1ccccc1-c1[c-]cccc1.[Fe].[Pd]. The average Bonchev–Trinajstić information content (AvgIpc) is 3.56. The van der Waals surface area contributed by atoms with Crippen LogP contribution in [0.2, 0.25) is 0 Å². The van der Waals surface area contributed by atoms with Crippen molar-refractivity contribution < 1.29 is 50.5 Å². The Morgan fingerprint density at radius 2 is 0.979 bits per heavy atom. The molecule has 2 aromatic carbocycles. The minimum absolute atomic E-state index is 0. The Morgan fingerprint density at radius 1 is 0.667 bits per heavy atom. The molecule has 4 rings (SSSR count). The van der Waals surface area contributed by atoms with Crippen LogP contribution in [0.1, 0.15) is 134 Å². The van der Waals surface area contributed by atoms with Crippen molar-refractivity contribution in [3.8, 4) is 11.1 Å². The van der Waals surface area contributed by atoms with Gasteiger partial charge < -0.3 is 5.73 Å². The fourth-order valence-electron chi connectivity index (χ4n) is 7.83. The molecule has 2 aliphatic rings. The van der Waals surface area contributed by atoms with E-state index in [9.17, 15) is 8.42 Å². The second kappa shape index (κ2) is 21.7. The number of hydrogen-bond acceptors (Lipinski definition) is 3. The first-order chi connectivity index (χ1) is 20.8. The van der Waals surface area contributed by atoms with Gasteiger partial charge >= 0.3 is 0 Å². The van der Waals surface area contributed by atoms with Gasteiger partial charge in [-0.05, 0) is 69.4 Å². The van der Waals surface area contributed by atoms with Crippen LogP contribution in [0.15, 0.2) is 48.5 Å². The van der Waals surface area contributed by atoms with Gasteiger partial charge in [-0.1, -0.05) is 148 Å². The molecule has 0 heterocycles. The molecule has 282 valence electrons. The van der Waals surface area contributed by atoms with Crippen molar-refractivity contribution >= 4 is 31.6 Å². The summed E-state index contributed by atoms with van der Waals surface area (Å²) in [5, 5.41) is 2.12. The van der Waals surface area contributed by atoms with Crippen LogP contribution in [0.5, 0.6) is 0 Å². The van der Waals surface area contributed by atoms with Crippen LogP contribution in [-0.4, -0.2) is 51.2 Å². The molecule has 48 heavy (non-hydrogen) atoms. The molecule has 0 unspecified atom stereocenters. The van der Waals surface area contributed by atoms with Crippen molar-refractivity contribution in [2.24, 2.45) is 0 Å². The molecule has 2 aromatic rings. The van der Waals surface area contributed by atoms with E-state index in [0.29, 0.717) is 26.9 Å². The van der Waals surface area contributed by atoms with Gasteiger partial charge in [0.2, 0.25) is 0 Å². The van der Waals surface area contributed by atoms with Crippen molar-refractivity contribution in [3.05, 3.63) is 54.6 Å². The third-order valence-corrected chi connectivity index (χ3v) is 16.5. The largest absolute Gasteiger partial charge is 0.406 e. The molecule has 3 N–H and O–H groups in total. The molecule has 0 spiro atoms. The molecule has 2 saturated carbocycles. The van der Waals surface area contributed by atoms with E-state index in [1.54, 1.807) is 0 Å². The topological polar surface area (TPSA) is 80.4 Å². The molecule has 0 atom stereocenters. The van der Waals surface area contributed by atoms with Crippen LogP contribution in [0.4, 0.5) is 5.69 Å². The third-order valence-electron chi connectivity index (χ3n) is 8.23. The fourth-order valence-corrected chi connectivity index (χ4v) is 18.0. The average molecular weight is 855 g/mol. The molecule has 2 aliphatic carbocycles. The van der Waals surface area contributed by atoms with Crippen LogP contribution in [0, 0.1) is 6.07 Å². The monoisotopic (exact) mass is 854 g/mol. The zero-order chi connectivity index (χ0) is 35.6. The smallest absolute Gasteiger partial charge is 0.261 e. The molecule has 0 radical (unpaired) electrons. The molecule has 0 bridgehead atoms. The van der Waals surface area contributed by atoms with E-state index >= 15 is 0 Å². The minimum Gasteiger partial charge on any atom is -0.406 e. The molecule has 2 fully saturated rings. The molecule has 0 amide bonds. The summed E-state index contributed by atoms with van der Waals surface area (Å²) in [5.74, 6) is 0. The van der Waals surface area contributed by atoms with Gasteiger partial charge in [-0.25, -0.2) is 0 Å². The van der Waals surface area contributed by atoms with Crippen LogP contribution in [0.25, 0.3) is 11.1 Å². The van der Waals surface area contributed by atoms with Gasteiger partial charge in [-0.2, -0.15) is 8.42 Å². The van der Waals surface area contributed by atoms with Crippen molar-refractivity contribution in [1.29, 1.82) is 0 Å². The van der Waals surface area contributed by atoms with Gasteiger partial charge in [0.05, 0.1) is 6.26 Å². The summed E-state index contributed by atoms with van der Waals surface area (Å²) in [6, 6.07) is 18.8. The number of para-hydroxylation sites is 1. The normalized spacial score (nSPS) is 16.0. The van der Waals surface area contributed by atoms with E-state index in [1.165, 1.54) is 51.4 Å². The Hall–Kier alpha value is 0.192.